The molecule has 5 heteroatoms. The zero-order valence-corrected chi connectivity index (χ0v) is 2.97. The second-order valence-electron chi connectivity index (χ2n) is 0.312. The first kappa shape index (κ1) is 4.87. The Morgan fingerprint density at radius 1 is 1.80 bits per heavy atom. The zero-order valence-electron chi connectivity index (χ0n) is 2.16. The lowest BCUT2D eigenvalue weighted by molar-refractivity contribution is 0.318. The second kappa shape index (κ2) is 2.13. The molecule has 0 atom stereocenters. The van der Waals surface area contributed by atoms with Crippen LogP contribution in [-0.2, 0) is 15.1 Å². The van der Waals surface area contributed by atoms with Crippen molar-refractivity contribution < 1.29 is 14.0 Å². The molecule has 0 aromatic rings. The van der Waals surface area contributed by atoms with Gasteiger partial charge in [-0.2, -0.15) is 0 Å². The molecule has 0 fully saturated rings. The summed E-state index contributed by atoms with van der Waals surface area (Å²) in [7, 11) is -2.39. The van der Waals surface area contributed by atoms with E-state index in [0.717, 1.165) is 0 Å². The van der Waals surface area contributed by atoms with Crippen LogP contribution in [0.15, 0.2) is 4.53 Å². The van der Waals surface area contributed by atoms with Gasteiger partial charge in [0, 0.05) is 0 Å². The van der Waals surface area contributed by atoms with E-state index in [0.29, 0.717) is 0 Å². The fourth-order valence-corrected chi connectivity index (χ4v) is 0. The first-order valence-electron chi connectivity index (χ1n) is 0.732. The largest absolute Gasteiger partial charge is 0.452 e. The summed E-state index contributed by atoms with van der Waals surface area (Å²) in [5.41, 5.74) is 0. The predicted octanol–water partition coefficient (Wildman–Crippen LogP) is -0.00400. The van der Waals surface area contributed by atoms with Crippen molar-refractivity contribution in [2.24, 2.45) is 4.53 Å². The lowest BCUT2D eigenvalue weighted by Crippen LogP contribution is -1.60. The van der Waals surface area contributed by atoms with Gasteiger partial charge in [-0.05, 0) is 10.9 Å². The third kappa shape index (κ3) is 3.87. The minimum Gasteiger partial charge on any atom is -0.452 e. The standard InChI is InChI=1S/H2NO3S/c2-1-5(3)4/h2H,(H,1,3,4)/q-1. The average Bonchev–Trinajstić information content (AvgIpc) is 1.38. The summed E-state index contributed by atoms with van der Waals surface area (Å²) in [6, 6.07) is 0. The van der Waals surface area contributed by atoms with Gasteiger partial charge in [0.05, 0.1) is 0 Å². The van der Waals surface area contributed by atoms with Gasteiger partial charge in [0.1, 0.15) is 0 Å². The molecule has 0 saturated carbocycles. The molecule has 0 aliphatic rings. The molecule has 0 aliphatic heterocycles. The van der Waals surface area contributed by atoms with Crippen molar-refractivity contribution in [3.05, 3.63) is 0 Å². The smallest absolute Gasteiger partial charge is 0.0379 e. The number of rotatable bonds is 0. The quantitative estimate of drug-likeness (QED) is 0.253. The van der Waals surface area contributed by atoms with Crippen LogP contribution in [0, 0.1) is 0 Å². The predicted molar refractivity (Wildman–Crippen MR) is 14.9 cm³/mol. The van der Waals surface area contributed by atoms with Crippen LogP contribution in [0.3, 0.4) is 0 Å². The van der Waals surface area contributed by atoms with Gasteiger partial charge in [-0.15, -0.1) is 0 Å². The highest BCUT2D eigenvalue weighted by molar-refractivity contribution is 7.68. The van der Waals surface area contributed by atoms with Crippen LogP contribution in [0.4, 0.5) is 0 Å². The molecule has 0 heterocycles. The topological polar surface area (TPSA) is 69.9 Å². The highest BCUT2D eigenvalue weighted by Crippen LogP contribution is 1.51. The fourth-order valence-electron chi connectivity index (χ4n) is 0. The van der Waals surface area contributed by atoms with Crippen LogP contribution in [0.5, 0.6) is 0 Å². The minimum absolute atomic E-state index is 1.92. The van der Waals surface area contributed by atoms with E-state index in [9.17, 15) is 0 Å². The van der Waals surface area contributed by atoms with Crippen molar-refractivity contribution in [1.29, 1.82) is 0 Å². The molecule has 0 spiro atoms. The summed E-state index contributed by atoms with van der Waals surface area (Å²) in [6.45, 7) is 0. The van der Waals surface area contributed by atoms with Gasteiger partial charge < -0.3 is 8.76 Å². The van der Waals surface area contributed by atoms with E-state index in [1.54, 1.807) is 0 Å². The molecule has 0 amide bonds. The third-order valence-electron chi connectivity index (χ3n) is 0.0698. The zero-order chi connectivity index (χ0) is 4.28. The minimum atomic E-state index is -2.39. The van der Waals surface area contributed by atoms with Gasteiger partial charge in [0.2, 0.25) is 0 Å². The number of hydrogen-bond acceptors (Lipinski definition) is 3. The number of hydrogen-bond donors (Lipinski definition) is 2. The van der Waals surface area contributed by atoms with Crippen LogP contribution in [-0.4, -0.2) is 9.76 Å². The van der Waals surface area contributed by atoms with E-state index in [1.165, 1.54) is 0 Å². The Morgan fingerprint density at radius 3 is 2.00 bits per heavy atom. The fraction of sp³-hybridized carbons (Fsp3) is 0. The molecule has 0 aliphatic carbocycles. The monoisotopic (exact) mass is 96.0 g/mol. The first-order chi connectivity index (χ1) is 2.27. The molecule has 0 unspecified atom stereocenters. The van der Waals surface area contributed by atoms with Crippen molar-refractivity contribution in [1.82, 2.24) is 0 Å². The molecule has 4 nitrogen and oxygen atoms in total. The van der Waals surface area contributed by atoms with Crippen LogP contribution < -0.4 is 0 Å². The van der Waals surface area contributed by atoms with Gasteiger partial charge in [-0.25, -0.2) is 4.53 Å². The van der Waals surface area contributed by atoms with Gasteiger partial charge in [0.15, 0.2) is 0 Å². The lowest BCUT2D eigenvalue weighted by atomic mass is 13.6. The molecule has 0 bridgehead atoms. The van der Waals surface area contributed by atoms with Gasteiger partial charge >= 0.3 is 0 Å². The van der Waals surface area contributed by atoms with Gasteiger partial charge in [-0.1, -0.05) is 0 Å². The second-order valence-corrected chi connectivity index (χ2v) is 0.937. The van der Waals surface area contributed by atoms with Gasteiger partial charge in [-0.3, -0.25) is 5.21 Å². The molecule has 32 valence electrons. The maximum Gasteiger partial charge on any atom is -0.0379 e. The van der Waals surface area contributed by atoms with E-state index in [-0.39, 0.29) is 0 Å². The average molecular weight is 96.1 g/mol. The Kier molecular flexibility index (Phi) is 2.07. The van der Waals surface area contributed by atoms with Crippen LogP contribution in [0.2, 0.25) is 0 Å². The Morgan fingerprint density at radius 2 is 2.00 bits per heavy atom. The third-order valence-corrected chi connectivity index (χ3v) is 0.210. The molecule has 0 rings (SSSR count). The van der Waals surface area contributed by atoms with Crippen LogP contribution in [0.25, 0.3) is 0 Å². The van der Waals surface area contributed by atoms with Crippen LogP contribution in [0.1, 0.15) is 0 Å². The normalized spacial score (nSPS) is 15.6. The van der Waals surface area contributed by atoms with Gasteiger partial charge in [0.25, 0.3) is 0 Å². The maximum atomic E-state index is 9.06. The summed E-state index contributed by atoms with van der Waals surface area (Å²) in [6.07, 6.45) is 0. The number of nitrogens with zero attached hydrogens (tertiary/aromatic N) is 1. The molecular weight excluding hydrogens is 94.1 g/mol. The van der Waals surface area contributed by atoms with E-state index >= 15 is 0 Å². The lowest BCUT2D eigenvalue weighted by Gasteiger charge is -1.76. The van der Waals surface area contributed by atoms with E-state index in [2.05, 4.69) is 0 Å². The summed E-state index contributed by atoms with van der Waals surface area (Å²) >= 11 is 0. The molecule has 0 radical (unpaired) electrons. The highest BCUT2D eigenvalue weighted by atomic mass is 32.2. The van der Waals surface area contributed by atoms with Crippen molar-refractivity contribution >= 4 is 10.9 Å². The first-order valence-corrected chi connectivity index (χ1v) is 1.80. The van der Waals surface area contributed by atoms with E-state index in [1.807, 2.05) is 4.53 Å². The van der Waals surface area contributed by atoms with Crippen molar-refractivity contribution in [2.45, 2.75) is 0 Å². The Balaban J connectivity index is 3.62. The Hall–Kier alpha value is -0.130. The summed E-state index contributed by atoms with van der Waals surface area (Å²) in [4.78, 5) is 0. The van der Waals surface area contributed by atoms with E-state index in [4.69, 9.17) is 14.0 Å². The maximum absolute atomic E-state index is 9.06. The SMILES string of the molecule is O=[S-](O)=NO. The molecular formula is H2NO3S-. The summed E-state index contributed by atoms with van der Waals surface area (Å²) in [5, 5.41) is 7.22. The van der Waals surface area contributed by atoms with Crippen molar-refractivity contribution in [2.75, 3.05) is 0 Å². The Labute approximate surface area is 30.4 Å². The molecule has 5 heavy (non-hydrogen) atoms. The summed E-state index contributed by atoms with van der Waals surface area (Å²) < 4.78 is 18.4. The molecule has 0 saturated heterocycles. The van der Waals surface area contributed by atoms with Crippen LogP contribution >= 0.6 is 0 Å². The summed E-state index contributed by atoms with van der Waals surface area (Å²) in [5.74, 6) is 0. The molecule has 0 aromatic heterocycles. The van der Waals surface area contributed by atoms with Crippen molar-refractivity contribution in [3.63, 3.8) is 0 Å². The molecule has 2 N–H and O–H groups in total. The van der Waals surface area contributed by atoms with Crippen molar-refractivity contribution in [3.8, 4) is 0 Å². The highest BCUT2D eigenvalue weighted by Gasteiger charge is 1.34. The Bertz CT molecular complexity index is 78.9. The van der Waals surface area contributed by atoms with E-state index < -0.39 is 10.9 Å². The molecule has 0 aromatic carbocycles.